The number of aliphatic hydroxyl groups is 2. The Morgan fingerprint density at radius 3 is 2.33 bits per heavy atom. The van der Waals surface area contributed by atoms with Crippen molar-refractivity contribution in [1.29, 1.82) is 0 Å². The third kappa shape index (κ3) is 2.55. The molecule has 0 saturated carbocycles. The van der Waals surface area contributed by atoms with Crippen molar-refractivity contribution in [2.24, 2.45) is 0 Å². The van der Waals surface area contributed by atoms with Crippen molar-refractivity contribution in [3.8, 4) is 0 Å². The van der Waals surface area contributed by atoms with Gasteiger partial charge in [0, 0.05) is 26.1 Å². The fourth-order valence-corrected chi connectivity index (χ4v) is 1.35. The lowest BCUT2D eigenvalue weighted by Crippen LogP contribution is -2.24. The zero-order valence-electron chi connectivity index (χ0n) is 7.23. The molecule has 0 unspecified atom stereocenters. The molecule has 1 heterocycles. The van der Waals surface area contributed by atoms with E-state index in [1.807, 2.05) is 4.90 Å². The van der Waals surface area contributed by atoms with Crippen molar-refractivity contribution < 1.29 is 15.0 Å². The fourth-order valence-electron chi connectivity index (χ4n) is 1.35. The Hall–Kier alpha value is -0.450. The van der Waals surface area contributed by atoms with Gasteiger partial charge in [0.25, 0.3) is 0 Å². The number of ketones is 1. The van der Waals surface area contributed by atoms with Gasteiger partial charge in [0.05, 0.1) is 12.2 Å². The molecule has 0 radical (unpaired) electrons. The first-order valence-corrected chi connectivity index (χ1v) is 4.17. The summed E-state index contributed by atoms with van der Waals surface area (Å²) in [6, 6.07) is 0. The van der Waals surface area contributed by atoms with Gasteiger partial charge in [0.15, 0.2) is 0 Å². The first-order valence-electron chi connectivity index (χ1n) is 4.17. The Bertz CT molecular complexity index is 162. The summed E-state index contributed by atoms with van der Waals surface area (Å²) in [5.41, 5.74) is 0. The summed E-state index contributed by atoms with van der Waals surface area (Å²) >= 11 is 0. The normalized spacial score (nSPS) is 30.9. The molecule has 2 atom stereocenters. The molecule has 1 rings (SSSR count). The van der Waals surface area contributed by atoms with Gasteiger partial charge in [-0.25, -0.2) is 0 Å². The highest BCUT2D eigenvalue weighted by Gasteiger charge is 2.28. The van der Waals surface area contributed by atoms with E-state index in [1.165, 1.54) is 0 Å². The largest absolute Gasteiger partial charge is 0.389 e. The number of aliphatic hydroxyl groups excluding tert-OH is 2. The predicted octanol–water partition coefficient (Wildman–Crippen LogP) is -0.997. The number of carbonyl (C=O) groups is 1. The number of nitrogens with zero attached hydrogens (tertiary/aromatic N) is 1. The van der Waals surface area contributed by atoms with Crippen molar-refractivity contribution in [3.05, 3.63) is 0 Å². The summed E-state index contributed by atoms with van der Waals surface area (Å²) in [7, 11) is 0. The number of likely N-dealkylation sites (tertiary alicyclic amines) is 1. The Labute approximate surface area is 71.8 Å². The number of Topliss-reactive ketones (excluding diaryl/α,β-unsaturated/α-hetero) is 1. The van der Waals surface area contributed by atoms with Crippen LogP contribution >= 0.6 is 0 Å². The van der Waals surface area contributed by atoms with E-state index < -0.39 is 12.2 Å². The first-order chi connectivity index (χ1) is 5.59. The summed E-state index contributed by atoms with van der Waals surface area (Å²) in [5, 5.41) is 18.3. The van der Waals surface area contributed by atoms with Crippen LogP contribution in [0.15, 0.2) is 0 Å². The van der Waals surface area contributed by atoms with E-state index in [1.54, 1.807) is 6.92 Å². The molecular formula is C8H15NO3. The molecule has 0 aliphatic carbocycles. The van der Waals surface area contributed by atoms with Gasteiger partial charge in [-0.15, -0.1) is 0 Å². The van der Waals surface area contributed by atoms with E-state index in [0.717, 1.165) is 0 Å². The van der Waals surface area contributed by atoms with E-state index in [-0.39, 0.29) is 5.78 Å². The van der Waals surface area contributed by atoms with Crippen LogP contribution in [0.1, 0.15) is 13.3 Å². The lowest BCUT2D eigenvalue weighted by molar-refractivity contribution is -0.117. The second kappa shape index (κ2) is 3.98. The van der Waals surface area contributed by atoms with E-state index in [9.17, 15) is 4.79 Å². The zero-order chi connectivity index (χ0) is 9.14. The molecule has 0 aromatic rings. The van der Waals surface area contributed by atoms with Crippen LogP contribution in [0.2, 0.25) is 0 Å². The average Bonchev–Trinajstić information content (AvgIpc) is 2.28. The Balaban J connectivity index is 2.23. The van der Waals surface area contributed by atoms with Crippen LogP contribution < -0.4 is 0 Å². The molecular weight excluding hydrogens is 158 g/mol. The lowest BCUT2D eigenvalue weighted by atomic mass is 10.3. The molecule has 1 saturated heterocycles. The van der Waals surface area contributed by atoms with E-state index in [4.69, 9.17) is 10.2 Å². The number of hydrogen-bond donors (Lipinski definition) is 2. The van der Waals surface area contributed by atoms with Crippen LogP contribution in [0.25, 0.3) is 0 Å². The summed E-state index contributed by atoms with van der Waals surface area (Å²) in [6.07, 6.45) is -0.784. The van der Waals surface area contributed by atoms with Crippen molar-refractivity contribution in [1.82, 2.24) is 4.90 Å². The quantitative estimate of drug-likeness (QED) is 0.575. The first kappa shape index (κ1) is 9.64. The standard InChI is InChI=1S/C8H15NO3/c1-6(10)2-3-9-4-7(11)8(12)5-9/h7-8,11-12H,2-5H2,1H3/t7-,8+. The highest BCUT2D eigenvalue weighted by Crippen LogP contribution is 2.09. The fraction of sp³-hybridized carbons (Fsp3) is 0.875. The van der Waals surface area contributed by atoms with E-state index >= 15 is 0 Å². The van der Waals surface area contributed by atoms with Crippen LogP contribution in [-0.4, -0.2) is 52.7 Å². The second-order valence-corrected chi connectivity index (χ2v) is 3.35. The zero-order valence-corrected chi connectivity index (χ0v) is 7.23. The molecule has 1 aliphatic rings. The Morgan fingerprint density at radius 1 is 1.42 bits per heavy atom. The van der Waals surface area contributed by atoms with Gasteiger partial charge in [-0.3, -0.25) is 9.69 Å². The van der Waals surface area contributed by atoms with Gasteiger partial charge < -0.3 is 10.2 Å². The third-order valence-electron chi connectivity index (χ3n) is 2.11. The molecule has 0 spiro atoms. The molecule has 0 amide bonds. The molecule has 2 N–H and O–H groups in total. The number of rotatable bonds is 3. The lowest BCUT2D eigenvalue weighted by Gasteiger charge is -2.12. The van der Waals surface area contributed by atoms with Gasteiger partial charge in [0.1, 0.15) is 5.78 Å². The highest BCUT2D eigenvalue weighted by atomic mass is 16.3. The molecule has 4 heteroatoms. The molecule has 0 aromatic heterocycles. The van der Waals surface area contributed by atoms with Crippen LogP contribution in [0.3, 0.4) is 0 Å². The van der Waals surface area contributed by atoms with Crippen molar-refractivity contribution in [3.63, 3.8) is 0 Å². The second-order valence-electron chi connectivity index (χ2n) is 3.35. The minimum Gasteiger partial charge on any atom is -0.389 e. The van der Waals surface area contributed by atoms with Crippen LogP contribution in [-0.2, 0) is 4.79 Å². The average molecular weight is 173 g/mol. The number of hydrogen-bond acceptors (Lipinski definition) is 4. The van der Waals surface area contributed by atoms with E-state index in [2.05, 4.69) is 0 Å². The van der Waals surface area contributed by atoms with Crippen LogP contribution in [0.5, 0.6) is 0 Å². The molecule has 1 fully saturated rings. The maximum Gasteiger partial charge on any atom is 0.131 e. The van der Waals surface area contributed by atoms with Crippen LogP contribution in [0, 0.1) is 0 Å². The summed E-state index contributed by atoms with van der Waals surface area (Å²) in [6.45, 7) is 3.15. The molecule has 0 aromatic carbocycles. The maximum absolute atomic E-state index is 10.6. The Morgan fingerprint density at radius 2 is 1.92 bits per heavy atom. The smallest absolute Gasteiger partial charge is 0.131 e. The van der Waals surface area contributed by atoms with Gasteiger partial charge in [-0.05, 0) is 6.92 Å². The highest BCUT2D eigenvalue weighted by molar-refractivity contribution is 5.75. The molecule has 12 heavy (non-hydrogen) atoms. The Kier molecular flexibility index (Phi) is 3.20. The van der Waals surface area contributed by atoms with Gasteiger partial charge in [-0.1, -0.05) is 0 Å². The van der Waals surface area contributed by atoms with Gasteiger partial charge in [-0.2, -0.15) is 0 Å². The summed E-state index contributed by atoms with van der Waals surface area (Å²) in [5.74, 6) is 0.144. The minimum absolute atomic E-state index is 0.144. The van der Waals surface area contributed by atoms with Crippen LogP contribution in [0.4, 0.5) is 0 Å². The monoisotopic (exact) mass is 173 g/mol. The van der Waals surface area contributed by atoms with Gasteiger partial charge >= 0.3 is 0 Å². The molecule has 70 valence electrons. The number of β-amino-alcohol motifs (C(OH)–C–C–N with tert-alkyl or cyclic N) is 2. The number of carbonyl (C=O) groups excluding carboxylic acids is 1. The van der Waals surface area contributed by atoms with Gasteiger partial charge in [0.2, 0.25) is 0 Å². The van der Waals surface area contributed by atoms with E-state index in [0.29, 0.717) is 26.1 Å². The summed E-state index contributed by atoms with van der Waals surface area (Å²) < 4.78 is 0. The third-order valence-corrected chi connectivity index (χ3v) is 2.11. The van der Waals surface area contributed by atoms with Crippen molar-refractivity contribution in [2.45, 2.75) is 25.6 Å². The SMILES string of the molecule is CC(=O)CCN1C[C@@H](O)[C@@H](O)C1. The van der Waals surface area contributed by atoms with Crippen molar-refractivity contribution >= 4 is 5.78 Å². The molecule has 0 bridgehead atoms. The minimum atomic E-state index is -0.642. The van der Waals surface area contributed by atoms with Crippen molar-refractivity contribution in [2.75, 3.05) is 19.6 Å². The molecule has 1 aliphatic heterocycles. The summed E-state index contributed by atoms with van der Waals surface area (Å²) in [4.78, 5) is 12.5. The maximum atomic E-state index is 10.6. The predicted molar refractivity (Wildman–Crippen MR) is 43.8 cm³/mol. The molecule has 4 nitrogen and oxygen atoms in total. The topological polar surface area (TPSA) is 60.8 Å².